The second-order valence-electron chi connectivity index (χ2n) is 9.94. The van der Waals surface area contributed by atoms with E-state index in [4.69, 9.17) is 55.2 Å². The van der Waals surface area contributed by atoms with Gasteiger partial charge < -0.3 is 41.0 Å². The van der Waals surface area contributed by atoms with Crippen LogP contribution in [0.3, 0.4) is 0 Å². The molecule has 43 heavy (non-hydrogen) atoms. The molecule has 0 saturated carbocycles. The first kappa shape index (κ1) is 31.7. The summed E-state index contributed by atoms with van der Waals surface area (Å²) in [6, 6.07) is 0. The normalized spacial score (nSPS) is 28.7. The topological polar surface area (TPSA) is 219 Å². The zero-order valence-corrected chi connectivity index (χ0v) is 26.4. The summed E-state index contributed by atoms with van der Waals surface area (Å²) in [7, 11) is 0. The van der Waals surface area contributed by atoms with Crippen LogP contribution >= 0.6 is 47.1 Å². The molecule has 2 fully saturated rings. The number of nitrogen functional groups attached to an aromatic ring is 2. The van der Waals surface area contributed by atoms with Gasteiger partial charge >= 0.3 is 5.97 Å². The number of hydrogen-bond donors (Lipinski definition) is 5. The monoisotopic (exact) mass is 670 g/mol. The number of ether oxygens (including phenoxy) is 3. The molecule has 0 unspecified atom stereocenters. The van der Waals surface area contributed by atoms with E-state index in [9.17, 15) is 15.0 Å². The van der Waals surface area contributed by atoms with Gasteiger partial charge in [0.05, 0.1) is 34.5 Å². The van der Waals surface area contributed by atoms with Gasteiger partial charge in [-0.1, -0.05) is 13.8 Å². The number of carbonyl (C=O) groups is 1. The van der Waals surface area contributed by atoms with Crippen LogP contribution in [0.4, 0.5) is 11.9 Å². The molecule has 0 radical (unpaired) electrons. The zero-order valence-electron chi connectivity index (χ0n) is 23.1. The maximum absolute atomic E-state index is 11.5. The molecule has 0 spiro atoms. The van der Waals surface area contributed by atoms with E-state index >= 15 is 0 Å². The van der Waals surface area contributed by atoms with Gasteiger partial charge in [0.25, 0.3) is 0 Å². The second kappa shape index (κ2) is 12.7. The van der Waals surface area contributed by atoms with Crippen molar-refractivity contribution in [1.82, 2.24) is 29.1 Å². The fraction of sp³-hybridized carbons (Fsp3) is 0.542. The Kier molecular flexibility index (Phi) is 9.35. The molecule has 0 bridgehead atoms. The number of hydrogen-bond acceptors (Lipinski definition) is 17. The number of rotatable bonds is 5. The molecule has 4 aromatic rings. The van der Waals surface area contributed by atoms with Crippen molar-refractivity contribution in [3.05, 3.63) is 20.3 Å². The summed E-state index contributed by atoms with van der Waals surface area (Å²) in [5.41, 5.74) is 12.3. The molecular formula is C24H30N8O7S4. The van der Waals surface area contributed by atoms with Crippen molar-refractivity contribution in [3.8, 4) is 0 Å². The van der Waals surface area contributed by atoms with E-state index < -0.39 is 43.5 Å². The summed E-state index contributed by atoms with van der Waals surface area (Å²) >= 11 is 13.3. The van der Waals surface area contributed by atoms with Crippen LogP contribution in [0.1, 0.15) is 39.6 Å². The third-order valence-corrected chi connectivity index (χ3v) is 9.84. The molecule has 15 nitrogen and oxygen atoms in total. The predicted molar refractivity (Wildman–Crippen MR) is 163 cm³/mol. The van der Waals surface area contributed by atoms with Crippen LogP contribution in [0.15, 0.2) is 12.4 Å². The van der Waals surface area contributed by atoms with Gasteiger partial charge in [0.2, 0.25) is 11.9 Å². The number of thiazole rings is 2. The van der Waals surface area contributed by atoms with E-state index in [0.717, 1.165) is 11.1 Å². The Hall–Kier alpha value is -2.75. The van der Waals surface area contributed by atoms with E-state index in [-0.39, 0.29) is 29.9 Å². The molecule has 8 atom stereocenters. The molecule has 232 valence electrons. The van der Waals surface area contributed by atoms with Crippen molar-refractivity contribution >= 4 is 85.7 Å². The molecule has 6 rings (SSSR count). The van der Waals surface area contributed by atoms with Crippen LogP contribution in [0.25, 0.3) is 20.7 Å². The summed E-state index contributed by atoms with van der Waals surface area (Å²) in [6.45, 7) is 5.05. The largest absolute Gasteiger partial charge is 0.457 e. The van der Waals surface area contributed by atoms with Crippen LogP contribution in [0.2, 0.25) is 0 Å². The Balaban J connectivity index is 0.000000173. The van der Waals surface area contributed by atoms with Gasteiger partial charge in [0.1, 0.15) is 18.3 Å². The van der Waals surface area contributed by atoms with E-state index in [1.807, 2.05) is 13.8 Å². The summed E-state index contributed by atoms with van der Waals surface area (Å²) in [4.78, 5) is 27.7. The Labute approximate surface area is 262 Å². The van der Waals surface area contributed by atoms with Crippen molar-refractivity contribution in [2.24, 2.45) is 5.92 Å². The third kappa shape index (κ3) is 6.00. The summed E-state index contributed by atoms with van der Waals surface area (Å²) in [5.74, 6) is -0.0377. The first-order valence-electron chi connectivity index (χ1n) is 13.2. The number of aromatic nitrogens is 6. The quantitative estimate of drug-likeness (QED) is 0.152. The first-order chi connectivity index (χ1) is 20.4. The first-order valence-corrected chi connectivity index (χ1v) is 15.6. The molecule has 0 amide bonds. The van der Waals surface area contributed by atoms with E-state index in [0.29, 0.717) is 23.9 Å². The van der Waals surface area contributed by atoms with E-state index in [1.165, 1.54) is 40.4 Å². The number of fused-ring (bicyclic) bond motifs is 2. The smallest absolute Gasteiger partial charge is 0.303 e. The van der Waals surface area contributed by atoms with Gasteiger partial charge in [-0.05, 0) is 30.9 Å². The maximum Gasteiger partial charge on any atom is 0.303 e. The van der Waals surface area contributed by atoms with Crippen molar-refractivity contribution in [2.75, 3.05) is 18.1 Å². The van der Waals surface area contributed by atoms with Crippen LogP contribution < -0.4 is 11.5 Å². The van der Waals surface area contributed by atoms with Crippen LogP contribution in [-0.4, -0.2) is 87.5 Å². The summed E-state index contributed by atoms with van der Waals surface area (Å²) in [6.07, 6.45) is -1.13. The number of aliphatic hydroxyl groups excluding tert-OH is 3. The highest BCUT2D eigenvalue weighted by molar-refractivity contribution is 7.74. The van der Waals surface area contributed by atoms with Gasteiger partial charge in [0, 0.05) is 12.8 Å². The Morgan fingerprint density at radius 1 is 0.977 bits per heavy atom. The minimum atomic E-state index is -1.21. The lowest BCUT2D eigenvalue weighted by Gasteiger charge is -2.22. The second-order valence-corrected chi connectivity index (χ2v) is 13.3. The summed E-state index contributed by atoms with van der Waals surface area (Å²) in [5, 5.41) is 29.0. The number of carbonyl (C=O) groups excluding carboxylic acids is 1. The van der Waals surface area contributed by atoms with E-state index in [1.54, 1.807) is 10.8 Å². The standard InChI is InChI=1S/C14H18N4O3S2.C10H12N4O4S2/c1-4-8-6(2)10(20-7(3)19)12(21-8)18-11-9(23-14(18)22)5-16-13(15)17-11;11-9-12-1-4-7(13-9)14(10(19)20-4)8-6(17)5(16)3(2-15)18-8/h5-6,8,10,12H,4H2,1-3H3,(H2,15,16,17);1,3,5-6,8,15-17H,2H2,(H2,11,12,13)/t6-,8+,10+,12+;3-,5+,6-,8-/m01/s1. The highest BCUT2D eigenvalue weighted by Crippen LogP contribution is 2.40. The van der Waals surface area contributed by atoms with Gasteiger partial charge in [-0.15, -0.1) is 22.7 Å². The fourth-order valence-electron chi connectivity index (χ4n) is 5.13. The maximum atomic E-state index is 11.5. The van der Waals surface area contributed by atoms with Gasteiger partial charge in [0.15, 0.2) is 37.8 Å². The molecule has 0 aliphatic carbocycles. The van der Waals surface area contributed by atoms with Gasteiger partial charge in [-0.25, -0.2) is 9.97 Å². The van der Waals surface area contributed by atoms with Crippen molar-refractivity contribution in [3.63, 3.8) is 0 Å². The Bertz CT molecular complexity index is 1760. The van der Waals surface area contributed by atoms with Crippen LogP contribution in [0.5, 0.6) is 0 Å². The lowest BCUT2D eigenvalue weighted by Crippen LogP contribution is -2.33. The number of nitrogens with two attached hydrogens (primary N) is 2. The summed E-state index contributed by atoms with van der Waals surface area (Å²) < 4.78 is 22.9. The molecule has 2 saturated heterocycles. The molecule has 7 N–H and O–H groups in total. The van der Waals surface area contributed by atoms with Crippen molar-refractivity contribution in [2.45, 2.75) is 70.2 Å². The molecule has 4 aromatic heterocycles. The highest BCUT2D eigenvalue weighted by atomic mass is 32.2. The SMILES string of the molecule is CC[C@H]1O[C@@H](n2c(=S)sc3cnc(N)nc32)[C@H](OC(C)=O)[C@H]1C.Nc1ncc2sc(=S)n([C@@H]3O[C@H](CO)[C@H](O)[C@H]3O)c2n1. The molecule has 2 aliphatic heterocycles. The Morgan fingerprint density at radius 2 is 1.49 bits per heavy atom. The fourth-order valence-corrected chi connectivity index (χ4v) is 7.68. The molecule has 19 heteroatoms. The van der Waals surface area contributed by atoms with Gasteiger partial charge in [-0.2, -0.15) is 9.97 Å². The number of nitrogens with zero attached hydrogens (tertiary/aromatic N) is 6. The van der Waals surface area contributed by atoms with E-state index in [2.05, 4.69) is 19.9 Å². The average Bonchev–Trinajstić information content (AvgIpc) is 3.64. The van der Waals surface area contributed by atoms with Gasteiger partial charge in [-0.3, -0.25) is 13.9 Å². The lowest BCUT2D eigenvalue weighted by atomic mass is 9.98. The van der Waals surface area contributed by atoms with Crippen LogP contribution in [0, 0.1) is 13.8 Å². The number of esters is 1. The predicted octanol–water partition coefficient (Wildman–Crippen LogP) is 2.10. The minimum Gasteiger partial charge on any atom is -0.457 e. The number of aliphatic hydroxyl groups is 3. The molecule has 2 aliphatic rings. The van der Waals surface area contributed by atoms with Crippen molar-refractivity contribution in [1.29, 1.82) is 0 Å². The van der Waals surface area contributed by atoms with Crippen molar-refractivity contribution < 1.29 is 34.3 Å². The minimum absolute atomic E-state index is 0.0135. The highest BCUT2D eigenvalue weighted by Gasteiger charge is 2.46. The average molecular weight is 671 g/mol. The number of anilines is 2. The third-order valence-electron chi connectivity index (χ3n) is 7.18. The molecular weight excluding hydrogens is 641 g/mol. The molecule has 6 heterocycles. The Morgan fingerprint density at radius 3 is 1.95 bits per heavy atom. The zero-order chi connectivity index (χ0) is 31.2. The lowest BCUT2D eigenvalue weighted by molar-refractivity contribution is -0.153. The molecule has 0 aromatic carbocycles. The van der Waals surface area contributed by atoms with Crippen LogP contribution in [-0.2, 0) is 19.0 Å².